The average Bonchev–Trinajstić information content (AvgIpc) is 2.46. The monoisotopic (exact) mass is 430 g/mol. The van der Waals surface area contributed by atoms with Crippen molar-refractivity contribution in [2.45, 2.75) is 9.79 Å². The molecule has 0 amide bonds. The van der Waals surface area contributed by atoms with Crippen LogP contribution in [0.4, 0.5) is 0 Å². The number of benzene rings is 2. The zero-order valence-electron chi connectivity index (χ0n) is 12.9. The van der Waals surface area contributed by atoms with Gasteiger partial charge in [0, 0.05) is 0 Å². The van der Waals surface area contributed by atoms with E-state index in [2.05, 4.69) is 0 Å². The maximum atomic E-state index is 12.5. The quantitative estimate of drug-likeness (QED) is 0.726. The van der Waals surface area contributed by atoms with Gasteiger partial charge >= 0.3 is 60.8 Å². The summed E-state index contributed by atoms with van der Waals surface area (Å²) in [5.74, 6) is -2.41. The molecule has 0 aromatic heterocycles. The van der Waals surface area contributed by atoms with Crippen LogP contribution in [0.5, 0.6) is 0 Å². The van der Waals surface area contributed by atoms with Gasteiger partial charge in [-0.25, -0.2) is 13.8 Å². The molecule has 2 aromatic carbocycles. The van der Waals surface area contributed by atoms with Gasteiger partial charge < -0.3 is 13.1 Å². The van der Waals surface area contributed by atoms with Crippen molar-refractivity contribution in [3.63, 3.8) is 0 Å². The number of carboxylic acid groups (broad SMARTS) is 2. The second-order valence-electron chi connectivity index (χ2n) is 3.87. The van der Waals surface area contributed by atoms with E-state index < -0.39 is 22.7 Å². The van der Waals surface area contributed by atoms with Crippen LogP contribution in [0.25, 0.3) is 0 Å². The second-order valence-corrected chi connectivity index (χ2v) is 5.29. The molecule has 0 aliphatic carbocycles. The van der Waals surface area contributed by atoms with Crippen molar-refractivity contribution >= 4 is 71.6 Å². The van der Waals surface area contributed by atoms with E-state index in [1.165, 1.54) is 36.4 Å². The van der Waals surface area contributed by atoms with E-state index in [9.17, 15) is 13.8 Å². The Morgan fingerprint density at radius 3 is 1.48 bits per heavy atom. The summed E-state index contributed by atoms with van der Waals surface area (Å²) in [5, 5.41) is 18.2. The summed E-state index contributed by atoms with van der Waals surface area (Å²) in [5.41, 5.74) is -0.211. The minimum absolute atomic E-state index is 0. The number of aromatic carboxylic acids is 2. The Bertz CT molecular complexity index is 664. The van der Waals surface area contributed by atoms with Gasteiger partial charge in [-0.05, 0) is 24.3 Å². The summed E-state index contributed by atoms with van der Waals surface area (Å²) >= 11 is 0. The van der Waals surface area contributed by atoms with Crippen LogP contribution in [0.2, 0.25) is 0 Å². The molecule has 0 atom stereocenters. The molecule has 0 aliphatic rings. The molecule has 5 nitrogen and oxygen atoms in total. The molecule has 21 heavy (non-hydrogen) atoms. The molecule has 106 valence electrons. The van der Waals surface area contributed by atoms with Gasteiger partial charge in [0.15, 0.2) is 0 Å². The van der Waals surface area contributed by atoms with Crippen LogP contribution in [-0.2, 0) is 10.8 Å². The Labute approximate surface area is 166 Å². The third-order valence-corrected chi connectivity index (χ3v) is 4.15. The van der Waals surface area contributed by atoms with Crippen LogP contribution in [-0.4, -0.2) is 75.2 Å². The van der Waals surface area contributed by atoms with Crippen LogP contribution in [0.1, 0.15) is 23.6 Å². The zero-order valence-corrected chi connectivity index (χ0v) is 16.1. The van der Waals surface area contributed by atoms with E-state index in [4.69, 9.17) is 10.2 Å². The van der Waals surface area contributed by atoms with Crippen LogP contribution < -0.4 is 0 Å². The summed E-state index contributed by atoms with van der Waals surface area (Å²) in [6.07, 6.45) is 0. The summed E-state index contributed by atoms with van der Waals surface area (Å²) in [7, 11) is -1.87. The van der Waals surface area contributed by atoms with Crippen molar-refractivity contribution < 1.29 is 26.9 Å². The van der Waals surface area contributed by atoms with Crippen molar-refractivity contribution in [3.8, 4) is 0 Å². The fourth-order valence-corrected chi connectivity index (χ4v) is 3.08. The molecule has 0 heterocycles. The molecule has 0 saturated carbocycles. The smallest absolute Gasteiger partial charge is 1.00 e. The van der Waals surface area contributed by atoms with E-state index in [-0.39, 0.29) is 72.7 Å². The van der Waals surface area contributed by atoms with Gasteiger partial charge in [-0.15, -0.1) is 0 Å². The number of carbonyl (C=O) groups is 2. The molecule has 2 N–H and O–H groups in total. The van der Waals surface area contributed by atoms with E-state index in [1.807, 2.05) is 0 Å². The Morgan fingerprint density at radius 2 is 1.14 bits per heavy atom. The van der Waals surface area contributed by atoms with Crippen molar-refractivity contribution in [1.29, 1.82) is 0 Å². The van der Waals surface area contributed by atoms with E-state index in [0.717, 1.165) is 0 Å². The predicted octanol–water partition coefficient (Wildman–Crippen LogP) is 2.09. The zero-order chi connectivity index (χ0) is 14.7. The summed E-state index contributed by atoms with van der Waals surface area (Å²) in [6.45, 7) is 0. The van der Waals surface area contributed by atoms with Crippen LogP contribution in [0.3, 0.4) is 0 Å². The molecule has 0 aliphatic heterocycles. The third-order valence-electron chi connectivity index (χ3n) is 2.63. The van der Waals surface area contributed by atoms with Gasteiger partial charge in [0.25, 0.3) is 0 Å². The van der Waals surface area contributed by atoms with Crippen molar-refractivity contribution in [3.05, 3.63) is 59.7 Å². The second kappa shape index (κ2) is 7.93. The van der Waals surface area contributed by atoms with E-state index in [0.29, 0.717) is 0 Å². The number of hydrogen-bond donors (Lipinski definition) is 2. The number of carboxylic acids is 2. The largest absolute Gasteiger partial charge is 2.00 e. The van der Waals surface area contributed by atoms with Gasteiger partial charge in [-0.3, -0.25) is 0 Å². The molecule has 0 radical (unpaired) electrons. The van der Waals surface area contributed by atoms with Crippen LogP contribution >= 0.6 is 0 Å². The Kier molecular flexibility index (Phi) is 6.85. The summed E-state index contributed by atoms with van der Waals surface area (Å²) in [6, 6.07) is 11.7. The minimum Gasteiger partial charge on any atom is -1.00 e. The molecular formula is C14H12BaO5S. The van der Waals surface area contributed by atoms with Crippen LogP contribution in [0.15, 0.2) is 58.3 Å². The molecule has 0 unspecified atom stereocenters. The van der Waals surface area contributed by atoms with Gasteiger partial charge in [0.05, 0.1) is 31.7 Å². The standard InChI is InChI=1S/C14H10O5S.Ba.2H/c15-13(16)9-5-1-3-7-11(9)20(19)12-8-4-2-6-10(12)14(17)18;;;/h1-8H,(H,15,16)(H,17,18);;;/q;+2;2*-1. The Morgan fingerprint density at radius 1 is 0.810 bits per heavy atom. The Hall–Kier alpha value is -0.899. The first-order valence-electron chi connectivity index (χ1n) is 5.59. The Balaban J connectivity index is 0. The normalized spacial score (nSPS) is 9.95. The topological polar surface area (TPSA) is 91.7 Å². The fraction of sp³-hybridized carbons (Fsp3) is 0. The molecule has 2 aromatic rings. The van der Waals surface area contributed by atoms with Crippen LogP contribution in [0, 0.1) is 0 Å². The van der Waals surface area contributed by atoms with Gasteiger partial charge in [0.1, 0.15) is 0 Å². The molecule has 0 spiro atoms. The molecule has 0 saturated heterocycles. The van der Waals surface area contributed by atoms with Gasteiger partial charge in [0.2, 0.25) is 0 Å². The first-order valence-corrected chi connectivity index (χ1v) is 6.73. The first kappa shape index (κ1) is 18.2. The molecule has 0 fully saturated rings. The summed E-state index contributed by atoms with van der Waals surface area (Å²) in [4.78, 5) is 22.4. The average molecular weight is 430 g/mol. The van der Waals surface area contributed by atoms with Crippen molar-refractivity contribution in [1.82, 2.24) is 0 Å². The van der Waals surface area contributed by atoms with Gasteiger partial charge in [-0.1, -0.05) is 24.3 Å². The third kappa shape index (κ3) is 4.06. The van der Waals surface area contributed by atoms with Crippen molar-refractivity contribution in [2.24, 2.45) is 0 Å². The fourth-order valence-electron chi connectivity index (χ4n) is 1.73. The summed E-state index contributed by atoms with van der Waals surface area (Å²) < 4.78 is 12.5. The molecule has 7 heteroatoms. The number of hydrogen-bond acceptors (Lipinski definition) is 3. The van der Waals surface area contributed by atoms with E-state index in [1.54, 1.807) is 12.1 Å². The maximum absolute atomic E-state index is 12.5. The van der Waals surface area contributed by atoms with Crippen molar-refractivity contribution in [2.75, 3.05) is 0 Å². The molecule has 2 rings (SSSR count). The molecule has 0 bridgehead atoms. The number of rotatable bonds is 4. The van der Waals surface area contributed by atoms with Gasteiger partial charge in [-0.2, -0.15) is 0 Å². The SMILES string of the molecule is O=C(O)c1ccccc1S(=O)c1ccccc1C(=O)O.[Ba+2].[H-].[H-]. The maximum Gasteiger partial charge on any atom is 2.00 e. The van der Waals surface area contributed by atoms with E-state index >= 15 is 0 Å². The predicted molar refractivity (Wildman–Crippen MR) is 79.5 cm³/mol. The molecular weight excluding hydrogens is 418 g/mol. The first-order chi connectivity index (χ1) is 9.52. The minimum atomic E-state index is -1.87.